The average Bonchev–Trinajstić information content (AvgIpc) is 2.12. The molecule has 0 saturated carbocycles. The van der Waals surface area contributed by atoms with Gasteiger partial charge in [0.2, 0.25) is 5.91 Å². The molecule has 14 heavy (non-hydrogen) atoms. The molecule has 0 aromatic carbocycles. The van der Waals surface area contributed by atoms with E-state index in [0.717, 1.165) is 12.8 Å². The molecular weight excluding hydrogens is 182 g/mol. The molecule has 0 aliphatic carbocycles. The number of hydrogen-bond acceptors (Lipinski definition) is 3. The van der Waals surface area contributed by atoms with Crippen LogP contribution in [0.4, 0.5) is 0 Å². The minimum atomic E-state index is -0.157. The molecule has 0 saturated heterocycles. The number of esters is 1. The van der Waals surface area contributed by atoms with E-state index in [2.05, 4.69) is 5.32 Å². The van der Waals surface area contributed by atoms with Crippen molar-refractivity contribution in [3.8, 4) is 0 Å². The standard InChI is InChI=1S/C10H19NO3/c1-4-14-10(13)8(2)6-5-7-11-9(3)12/h8H,4-7H2,1-3H3,(H,11,12). The largest absolute Gasteiger partial charge is 0.466 e. The molecule has 0 aromatic rings. The zero-order valence-electron chi connectivity index (χ0n) is 9.13. The number of carbonyl (C=O) groups is 2. The summed E-state index contributed by atoms with van der Waals surface area (Å²) >= 11 is 0. The fourth-order valence-corrected chi connectivity index (χ4v) is 1.08. The molecule has 0 aliphatic rings. The first-order valence-corrected chi connectivity index (χ1v) is 4.99. The third kappa shape index (κ3) is 6.46. The minimum Gasteiger partial charge on any atom is -0.466 e. The van der Waals surface area contributed by atoms with Gasteiger partial charge in [0, 0.05) is 13.5 Å². The van der Waals surface area contributed by atoms with Crippen LogP contribution in [0.15, 0.2) is 0 Å². The maximum atomic E-state index is 11.2. The highest BCUT2D eigenvalue weighted by Gasteiger charge is 2.12. The summed E-state index contributed by atoms with van der Waals surface area (Å²) in [4.78, 5) is 21.7. The molecule has 0 aliphatic heterocycles. The summed E-state index contributed by atoms with van der Waals surface area (Å²) in [6, 6.07) is 0. The number of hydrogen-bond donors (Lipinski definition) is 1. The predicted octanol–water partition coefficient (Wildman–Crippen LogP) is 1.10. The minimum absolute atomic E-state index is 0.0335. The van der Waals surface area contributed by atoms with Gasteiger partial charge in [-0.15, -0.1) is 0 Å². The molecule has 82 valence electrons. The molecule has 0 fully saturated rings. The number of ether oxygens (including phenoxy) is 1. The Bertz CT molecular complexity index is 192. The highest BCUT2D eigenvalue weighted by atomic mass is 16.5. The van der Waals surface area contributed by atoms with Crippen LogP contribution in [0.1, 0.15) is 33.6 Å². The van der Waals surface area contributed by atoms with E-state index in [1.165, 1.54) is 6.92 Å². The Morgan fingerprint density at radius 3 is 2.57 bits per heavy atom. The number of nitrogens with one attached hydrogen (secondary N) is 1. The molecule has 0 heterocycles. The Labute approximate surface area is 85.0 Å². The maximum absolute atomic E-state index is 11.2. The van der Waals surface area contributed by atoms with E-state index in [4.69, 9.17) is 4.74 Å². The molecule has 1 amide bonds. The van der Waals surface area contributed by atoms with E-state index in [9.17, 15) is 9.59 Å². The molecular formula is C10H19NO3. The third-order valence-corrected chi connectivity index (χ3v) is 1.88. The Balaban J connectivity index is 3.48. The highest BCUT2D eigenvalue weighted by molar-refractivity contribution is 5.73. The summed E-state index contributed by atoms with van der Waals surface area (Å²) in [7, 11) is 0. The fraction of sp³-hybridized carbons (Fsp3) is 0.800. The van der Waals surface area contributed by atoms with Crippen molar-refractivity contribution in [2.75, 3.05) is 13.2 Å². The van der Waals surface area contributed by atoms with Crippen molar-refractivity contribution in [3.63, 3.8) is 0 Å². The zero-order valence-corrected chi connectivity index (χ0v) is 9.13. The van der Waals surface area contributed by atoms with Crippen molar-refractivity contribution in [3.05, 3.63) is 0 Å². The number of carbonyl (C=O) groups excluding carboxylic acids is 2. The van der Waals surface area contributed by atoms with Gasteiger partial charge in [-0.3, -0.25) is 9.59 Å². The van der Waals surface area contributed by atoms with Crippen molar-refractivity contribution in [1.29, 1.82) is 0 Å². The predicted molar refractivity (Wildman–Crippen MR) is 53.7 cm³/mol. The van der Waals surface area contributed by atoms with Crippen molar-refractivity contribution in [2.24, 2.45) is 5.92 Å². The number of amides is 1. The van der Waals surface area contributed by atoms with Crippen molar-refractivity contribution in [1.82, 2.24) is 5.32 Å². The van der Waals surface area contributed by atoms with Crippen LogP contribution in [-0.4, -0.2) is 25.0 Å². The first-order chi connectivity index (χ1) is 6.57. The smallest absolute Gasteiger partial charge is 0.308 e. The molecule has 0 aromatic heterocycles. The van der Waals surface area contributed by atoms with Crippen LogP contribution in [0.2, 0.25) is 0 Å². The van der Waals surface area contributed by atoms with Gasteiger partial charge in [-0.25, -0.2) is 0 Å². The lowest BCUT2D eigenvalue weighted by Crippen LogP contribution is -2.22. The van der Waals surface area contributed by atoms with Gasteiger partial charge in [0.15, 0.2) is 0 Å². The van der Waals surface area contributed by atoms with E-state index >= 15 is 0 Å². The lowest BCUT2D eigenvalue weighted by Gasteiger charge is -2.09. The Morgan fingerprint density at radius 1 is 1.43 bits per heavy atom. The summed E-state index contributed by atoms with van der Waals surface area (Å²) in [6.07, 6.45) is 1.55. The van der Waals surface area contributed by atoms with Crippen LogP contribution in [0.25, 0.3) is 0 Å². The second-order valence-corrected chi connectivity index (χ2v) is 3.28. The molecule has 0 spiro atoms. The van der Waals surface area contributed by atoms with E-state index in [1.54, 1.807) is 6.92 Å². The van der Waals surface area contributed by atoms with Crippen molar-refractivity contribution < 1.29 is 14.3 Å². The molecule has 1 atom stereocenters. The molecule has 0 rings (SSSR count). The topological polar surface area (TPSA) is 55.4 Å². The summed E-state index contributed by atoms with van der Waals surface area (Å²) < 4.78 is 4.86. The van der Waals surface area contributed by atoms with Gasteiger partial charge in [0.05, 0.1) is 12.5 Å². The first kappa shape index (κ1) is 12.9. The molecule has 0 radical (unpaired) electrons. The average molecular weight is 201 g/mol. The SMILES string of the molecule is CCOC(=O)C(C)CCCNC(C)=O. The molecule has 4 heteroatoms. The van der Waals surface area contributed by atoms with Gasteiger partial charge >= 0.3 is 5.97 Å². The van der Waals surface area contributed by atoms with Crippen molar-refractivity contribution in [2.45, 2.75) is 33.6 Å². The van der Waals surface area contributed by atoms with Crippen LogP contribution >= 0.6 is 0 Å². The Hall–Kier alpha value is -1.06. The molecule has 0 bridgehead atoms. The van der Waals surface area contributed by atoms with Crippen LogP contribution in [0.5, 0.6) is 0 Å². The lowest BCUT2D eigenvalue weighted by molar-refractivity contribution is -0.147. The summed E-state index contributed by atoms with van der Waals surface area (Å²) in [5, 5.41) is 2.68. The van der Waals surface area contributed by atoms with Crippen LogP contribution < -0.4 is 5.32 Å². The summed E-state index contributed by atoms with van der Waals surface area (Å²) in [6.45, 7) is 6.16. The van der Waals surface area contributed by atoms with E-state index < -0.39 is 0 Å². The second-order valence-electron chi connectivity index (χ2n) is 3.28. The summed E-state index contributed by atoms with van der Waals surface area (Å²) in [5.74, 6) is -0.271. The monoisotopic (exact) mass is 201 g/mol. The van der Waals surface area contributed by atoms with Crippen molar-refractivity contribution >= 4 is 11.9 Å². The number of rotatable bonds is 6. The normalized spacial score (nSPS) is 11.9. The zero-order chi connectivity index (χ0) is 11.0. The van der Waals surface area contributed by atoms with E-state index in [0.29, 0.717) is 13.2 Å². The Morgan fingerprint density at radius 2 is 2.07 bits per heavy atom. The lowest BCUT2D eigenvalue weighted by atomic mass is 10.1. The Kier molecular flexibility index (Phi) is 6.80. The van der Waals surface area contributed by atoms with E-state index in [-0.39, 0.29) is 17.8 Å². The van der Waals surface area contributed by atoms with Gasteiger partial charge in [-0.1, -0.05) is 6.92 Å². The quantitative estimate of drug-likeness (QED) is 0.517. The van der Waals surface area contributed by atoms with E-state index in [1.807, 2.05) is 6.92 Å². The second kappa shape index (κ2) is 7.35. The van der Waals surface area contributed by atoms with Gasteiger partial charge in [0.25, 0.3) is 0 Å². The molecule has 4 nitrogen and oxygen atoms in total. The van der Waals surface area contributed by atoms with Gasteiger partial charge < -0.3 is 10.1 Å². The first-order valence-electron chi connectivity index (χ1n) is 4.99. The molecule has 1 unspecified atom stereocenters. The van der Waals surface area contributed by atoms with Gasteiger partial charge in [-0.05, 0) is 19.8 Å². The maximum Gasteiger partial charge on any atom is 0.308 e. The van der Waals surface area contributed by atoms with Gasteiger partial charge in [0.1, 0.15) is 0 Å². The van der Waals surface area contributed by atoms with Gasteiger partial charge in [-0.2, -0.15) is 0 Å². The highest BCUT2D eigenvalue weighted by Crippen LogP contribution is 2.06. The third-order valence-electron chi connectivity index (χ3n) is 1.88. The fourth-order valence-electron chi connectivity index (χ4n) is 1.08. The molecule has 1 N–H and O–H groups in total. The summed E-state index contributed by atoms with van der Waals surface area (Å²) in [5.41, 5.74) is 0. The van der Waals surface area contributed by atoms with Crippen LogP contribution in [0, 0.1) is 5.92 Å². The van der Waals surface area contributed by atoms with Crippen LogP contribution in [0.3, 0.4) is 0 Å². The van der Waals surface area contributed by atoms with Crippen LogP contribution in [-0.2, 0) is 14.3 Å².